The second-order valence-corrected chi connectivity index (χ2v) is 4.04. The predicted molar refractivity (Wildman–Crippen MR) is 65.1 cm³/mol. The molecule has 0 unspecified atom stereocenters. The highest BCUT2D eigenvalue weighted by Gasteiger charge is 2.35. The SMILES string of the molecule is CCc1nc(CC)n(-c2cc(N)nc(C(F)(F)F)n2)n1. The summed E-state index contributed by atoms with van der Waals surface area (Å²) in [7, 11) is 0. The molecule has 0 spiro atoms. The van der Waals surface area contributed by atoms with Gasteiger partial charge in [0, 0.05) is 18.9 Å². The topological polar surface area (TPSA) is 82.5 Å². The molecule has 2 N–H and O–H groups in total. The summed E-state index contributed by atoms with van der Waals surface area (Å²) >= 11 is 0. The summed E-state index contributed by atoms with van der Waals surface area (Å²) in [5, 5.41) is 4.13. The molecule has 0 aliphatic rings. The van der Waals surface area contributed by atoms with Gasteiger partial charge in [0.25, 0.3) is 0 Å². The van der Waals surface area contributed by atoms with Gasteiger partial charge in [-0.3, -0.25) is 0 Å². The van der Waals surface area contributed by atoms with E-state index in [1.807, 2.05) is 13.8 Å². The molecule has 0 radical (unpaired) electrons. The third-order valence-corrected chi connectivity index (χ3v) is 2.55. The fraction of sp³-hybridized carbons (Fsp3) is 0.455. The first kappa shape index (κ1) is 14.2. The van der Waals surface area contributed by atoms with Crippen molar-refractivity contribution in [2.24, 2.45) is 0 Å². The number of hydrogen-bond donors (Lipinski definition) is 1. The Kier molecular flexibility index (Phi) is 3.60. The first-order valence-corrected chi connectivity index (χ1v) is 6.02. The Bertz CT molecular complexity index is 619. The van der Waals surface area contributed by atoms with E-state index in [1.54, 1.807) is 0 Å². The number of anilines is 1. The first-order chi connectivity index (χ1) is 9.35. The average Bonchev–Trinajstić information content (AvgIpc) is 2.80. The summed E-state index contributed by atoms with van der Waals surface area (Å²) in [6.45, 7) is 3.68. The van der Waals surface area contributed by atoms with E-state index >= 15 is 0 Å². The molecule has 20 heavy (non-hydrogen) atoms. The van der Waals surface area contributed by atoms with Crippen molar-refractivity contribution in [1.29, 1.82) is 0 Å². The van der Waals surface area contributed by atoms with Crippen LogP contribution < -0.4 is 5.73 Å². The van der Waals surface area contributed by atoms with Gasteiger partial charge >= 0.3 is 6.18 Å². The summed E-state index contributed by atoms with van der Waals surface area (Å²) in [5.74, 6) is -0.532. The van der Waals surface area contributed by atoms with Gasteiger partial charge in [-0.2, -0.15) is 17.9 Å². The molecule has 108 valence electrons. The van der Waals surface area contributed by atoms with E-state index in [0.29, 0.717) is 24.5 Å². The normalized spacial score (nSPS) is 11.8. The van der Waals surface area contributed by atoms with Crippen LogP contribution in [-0.2, 0) is 19.0 Å². The number of hydrogen-bond acceptors (Lipinski definition) is 5. The number of nitrogens with two attached hydrogens (primary N) is 1. The van der Waals surface area contributed by atoms with E-state index in [1.165, 1.54) is 10.7 Å². The van der Waals surface area contributed by atoms with Gasteiger partial charge in [-0.05, 0) is 0 Å². The van der Waals surface area contributed by atoms with Crippen LogP contribution in [0.25, 0.3) is 5.82 Å². The van der Waals surface area contributed by atoms with Gasteiger partial charge < -0.3 is 5.73 Å². The van der Waals surface area contributed by atoms with Gasteiger partial charge in [0.2, 0.25) is 5.82 Å². The average molecular weight is 286 g/mol. The van der Waals surface area contributed by atoms with Gasteiger partial charge in [-0.25, -0.2) is 15.0 Å². The Morgan fingerprint density at radius 2 is 1.85 bits per heavy atom. The molecule has 0 aliphatic heterocycles. The summed E-state index contributed by atoms with van der Waals surface area (Å²) in [6.07, 6.45) is -3.57. The number of halogens is 3. The number of rotatable bonds is 3. The summed E-state index contributed by atoms with van der Waals surface area (Å²) in [6, 6.07) is 1.24. The van der Waals surface area contributed by atoms with Crippen molar-refractivity contribution >= 4 is 5.82 Å². The van der Waals surface area contributed by atoms with Crippen LogP contribution in [0.1, 0.15) is 31.3 Å². The Morgan fingerprint density at radius 1 is 1.15 bits per heavy atom. The van der Waals surface area contributed by atoms with Crippen LogP contribution in [0.5, 0.6) is 0 Å². The molecule has 0 bridgehead atoms. The van der Waals surface area contributed by atoms with Crippen LogP contribution in [0.3, 0.4) is 0 Å². The maximum Gasteiger partial charge on any atom is 0.451 e. The zero-order valence-electron chi connectivity index (χ0n) is 10.9. The molecule has 6 nitrogen and oxygen atoms in total. The predicted octanol–water partition coefficient (Wildman–Crippen LogP) is 1.78. The molecule has 2 rings (SSSR count). The summed E-state index contributed by atoms with van der Waals surface area (Å²) in [5.41, 5.74) is 5.41. The van der Waals surface area contributed by atoms with Crippen LogP contribution in [0.2, 0.25) is 0 Å². The minimum Gasteiger partial charge on any atom is -0.384 e. The zero-order valence-corrected chi connectivity index (χ0v) is 10.9. The van der Waals surface area contributed by atoms with Crippen LogP contribution in [0, 0.1) is 0 Å². The molecular formula is C11H13F3N6. The van der Waals surface area contributed by atoms with Crippen molar-refractivity contribution in [3.8, 4) is 5.82 Å². The lowest BCUT2D eigenvalue weighted by atomic mass is 10.4. The van der Waals surface area contributed by atoms with Crippen molar-refractivity contribution in [2.75, 3.05) is 5.73 Å². The molecular weight excluding hydrogens is 273 g/mol. The second kappa shape index (κ2) is 5.06. The third-order valence-electron chi connectivity index (χ3n) is 2.55. The third kappa shape index (κ3) is 2.70. The number of aromatic nitrogens is 5. The summed E-state index contributed by atoms with van der Waals surface area (Å²) < 4.78 is 39.3. The maximum absolute atomic E-state index is 12.7. The molecule has 0 amide bonds. The Hall–Kier alpha value is -2.19. The Labute approximate surface area is 112 Å². The minimum absolute atomic E-state index is 0.0334. The van der Waals surface area contributed by atoms with Gasteiger partial charge in [-0.1, -0.05) is 13.8 Å². The Balaban J connectivity index is 2.58. The molecule has 0 saturated carbocycles. The van der Waals surface area contributed by atoms with Gasteiger partial charge in [0.05, 0.1) is 0 Å². The molecule has 9 heteroatoms. The second-order valence-electron chi connectivity index (χ2n) is 4.04. The van der Waals surface area contributed by atoms with Crippen molar-refractivity contribution in [3.63, 3.8) is 0 Å². The van der Waals surface area contributed by atoms with Gasteiger partial charge in [0.15, 0.2) is 11.6 Å². The molecule has 0 saturated heterocycles. The van der Waals surface area contributed by atoms with Crippen LogP contribution in [-0.4, -0.2) is 24.7 Å². The van der Waals surface area contributed by atoms with Crippen molar-refractivity contribution in [2.45, 2.75) is 32.9 Å². The Morgan fingerprint density at radius 3 is 2.40 bits per heavy atom. The first-order valence-electron chi connectivity index (χ1n) is 6.02. The maximum atomic E-state index is 12.7. The number of aryl methyl sites for hydroxylation is 2. The number of nitrogens with zero attached hydrogens (tertiary/aromatic N) is 5. The lowest BCUT2D eigenvalue weighted by Crippen LogP contribution is -2.16. The number of nitrogen functional groups attached to an aromatic ring is 1. The van der Waals surface area contributed by atoms with Crippen molar-refractivity contribution < 1.29 is 13.2 Å². The van der Waals surface area contributed by atoms with E-state index in [2.05, 4.69) is 20.1 Å². The van der Waals surface area contributed by atoms with Gasteiger partial charge in [0.1, 0.15) is 11.6 Å². The fourth-order valence-corrected chi connectivity index (χ4v) is 1.64. The molecule has 2 aromatic heterocycles. The van der Waals surface area contributed by atoms with Crippen molar-refractivity contribution in [3.05, 3.63) is 23.5 Å². The minimum atomic E-state index is -4.66. The van der Waals surface area contributed by atoms with E-state index in [-0.39, 0.29) is 11.6 Å². The highest BCUT2D eigenvalue weighted by molar-refractivity contribution is 5.38. The zero-order chi connectivity index (χ0) is 14.9. The van der Waals surface area contributed by atoms with E-state index < -0.39 is 12.0 Å². The largest absolute Gasteiger partial charge is 0.451 e. The number of alkyl halides is 3. The van der Waals surface area contributed by atoms with Crippen molar-refractivity contribution in [1.82, 2.24) is 24.7 Å². The monoisotopic (exact) mass is 286 g/mol. The van der Waals surface area contributed by atoms with E-state index in [9.17, 15) is 13.2 Å². The summed E-state index contributed by atoms with van der Waals surface area (Å²) in [4.78, 5) is 10.9. The highest BCUT2D eigenvalue weighted by atomic mass is 19.4. The molecule has 0 atom stereocenters. The van der Waals surface area contributed by atoms with Gasteiger partial charge in [-0.15, -0.1) is 5.10 Å². The fourth-order valence-electron chi connectivity index (χ4n) is 1.64. The standard InChI is InChI=1S/C11H13F3N6/c1-3-7-17-8(4-2)20(19-7)9-5-6(15)16-10(18-9)11(12,13)14/h5H,3-4H2,1-2H3,(H2,15,16,18). The molecule has 2 heterocycles. The molecule has 2 aromatic rings. The van der Waals surface area contributed by atoms with Crippen LogP contribution in [0.4, 0.5) is 19.0 Å². The molecule has 0 aromatic carbocycles. The van der Waals surface area contributed by atoms with Crippen LogP contribution >= 0.6 is 0 Å². The van der Waals surface area contributed by atoms with E-state index in [0.717, 1.165) is 0 Å². The van der Waals surface area contributed by atoms with E-state index in [4.69, 9.17) is 5.73 Å². The lowest BCUT2D eigenvalue weighted by molar-refractivity contribution is -0.144. The highest BCUT2D eigenvalue weighted by Crippen LogP contribution is 2.27. The smallest absolute Gasteiger partial charge is 0.384 e. The molecule has 0 aliphatic carbocycles. The quantitative estimate of drug-likeness (QED) is 0.930. The lowest BCUT2D eigenvalue weighted by Gasteiger charge is -2.09. The van der Waals surface area contributed by atoms with Crippen LogP contribution in [0.15, 0.2) is 6.07 Å². The molecule has 0 fully saturated rings.